The van der Waals surface area contributed by atoms with E-state index in [0.29, 0.717) is 11.6 Å². The Morgan fingerprint density at radius 2 is 1.94 bits per heavy atom. The number of hydrogen-bond donors (Lipinski definition) is 1. The smallest absolute Gasteiger partial charge is 0.123 e. The van der Waals surface area contributed by atoms with E-state index in [1.54, 1.807) is 6.07 Å². The van der Waals surface area contributed by atoms with Gasteiger partial charge in [-0.1, -0.05) is 41.9 Å². The van der Waals surface area contributed by atoms with Crippen LogP contribution < -0.4 is 4.74 Å². The number of aliphatic hydroxyl groups is 1. The minimum Gasteiger partial charge on any atom is -0.493 e. The highest BCUT2D eigenvalue weighted by Gasteiger charge is 2.31. The highest BCUT2D eigenvalue weighted by molar-refractivity contribution is 6.30. The fraction of sp³-hybridized carbons (Fsp3) is 0.200. The molecule has 18 heavy (non-hydrogen) atoms. The molecule has 2 aromatic rings. The van der Waals surface area contributed by atoms with E-state index in [-0.39, 0.29) is 5.92 Å². The fourth-order valence-electron chi connectivity index (χ4n) is 2.35. The average Bonchev–Trinajstić information content (AvgIpc) is 2.82. The molecule has 2 nitrogen and oxygen atoms in total. The van der Waals surface area contributed by atoms with Crippen molar-refractivity contribution in [1.82, 2.24) is 0 Å². The topological polar surface area (TPSA) is 29.5 Å². The van der Waals surface area contributed by atoms with E-state index in [2.05, 4.69) is 0 Å². The van der Waals surface area contributed by atoms with E-state index in [0.717, 1.165) is 16.9 Å². The lowest BCUT2D eigenvalue weighted by atomic mass is 9.91. The van der Waals surface area contributed by atoms with Gasteiger partial charge in [0, 0.05) is 10.6 Å². The summed E-state index contributed by atoms with van der Waals surface area (Å²) in [5.74, 6) is 0.764. The van der Waals surface area contributed by atoms with Gasteiger partial charge in [0.1, 0.15) is 5.75 Å². The Kier molecular flexibility index (Phi) is 2.98. The maximum absolute atomic E-state index is 10.4. The second-order valence-corrected chi connectivity index (χ2v) is 4.89. The first-order valence-electron chi connectivity index (χ1n) is 5.91. The van der Waals surface area contributed by atoms with Gasteiger partial charge in [0.25, 0.3) is 0 Å². The summed E-state index contributed by atoms with van der Waals surface area (Å²) < 4.78 is 5.59. The first-order valence-corrected chi connectivity index (χ1v) is 6.29. The van der Waals surface area contributed by atoms with Gasteiger partial charge in [-0.3, -0.25) is 0 Å². The van der Waals surface area contributed by atoms with E-state index < -0.39 is 6.10 Å². The zero-order valence-electron chi connectivity index (χ0n) is 9.71. The Morgan fingerprint density at radius 3 is 2.72 bits per heavy atom. The Morgan fingerprint density at radius 1 is 1.17 bits per heavy atom. The van der Waals surface area contributed by atoms with Gasteiger partial charge in [0.2, 0.25) is 0 Å². The van der Waals surface area contributed by atoms with Gasteiger partial charge in [-0.2, -0.15) is 0 Å². The third kappa shape index (κ3) is 1.98. The van der Waals surface area contributed by atoms with Gasteiger partial charge in [0.05, 0.1) is 18.6 Å². The Balaban J connectivity index is 1.94. The summed E-state index contributed by atoms with van der Waals surface area (Å²) in [5.41, 5.74) is 1.89. The number of benzene rings is 2. The number of fused-ring (bicyclic) bond motifs is 1. The minimum atomic E-state index is -0.564. The average molecular weight is 261 g/mol. The van der Waals surface area contributed by atoms with Crippen LogP contribution in [0.2, 0.25) is 5.02 Å². The van der Waals surface area contributed by atoms with Crippen molar-refractivity contribution in [3.8, 4) is 5.75 Å². The second-order valence-electron chi connectivity index (χ2n) is 4.46. The Hall–Kier alpha value is -1.51. The molecule has 0 fully saturated rings. The number of rotatable bonds is 2. The molecule has 0 aliphatic carbocycles. The molecule has 1 heterocycles. The highest BCUT2D eigenvalue weighted by atomic mass is 35.5. The first kappa shape index (κ1) is 11.6. The number of ether oxygens (including phenoxy) is 1. The van der Waals surface area contributed by atoms with Crippen LogP contribution in [0.15, 0.2) is 48.5 Å². The molecule has 0 radical (unpaired) electrons. The molecule has 2 aromatic carbocycles. The summed E-state index contributed by atoms with van der Waals surface area (Å²) in [5, 5.41) is 11.1. The maximum atomic E-state index is 10.4. The summed E-state index contributed by atoms with van der Waals surface area (Å²) in [6.45, 7) is 0.492. The van der Waals surface area contributed by atoms with Crippen LogP contribution in [0.3, 0.4) is 0 Å². The molecular weight excluding hydrogens is 248 g/mol. The number of halogens is 1. The van der Waals surface area contributed by atoms with E-state index in [4.69, 9.17) is 16.3 Å². The third-order valence-corrected chi connectivity index (χ3v) is 3.55. The summed E-state index contributed by atoms with van der Waals surface area (Å²) in [6, 6.07) is 15.2. The predicted octanol–water partition coefficient (Wildman–Crippen LogP) is 3.55. The van der Waals surface area contributed by atoms with E-state index in [1.165, 1.54) is 0 Å². The van der Waals surface area contributed by atoms with Gasteiger partial charge in [0.15, 0.2) is 0 Å². The highest BCUT2D eigenvalue weighted by Crippen LogP contribution is 2.42. The van der Waals surface area contributed by atoms with Crippen molar-refractivity contribution >= 4 is 11.6 Å². The van der Waals surface area contributed by atoms with Crippen molar-refractivity contribution in [3.63, 3.8) is 0 Å². The second kappa shape index (κ2) is 4.63. The molecule has 1 N–H and O–H groups in total. The molecule has 0 saturated carbocycles. The molecule has 0 aromatic heterocycles. The van der Waals surface area contributed by atoms with Crippen LogP contribution in [0, 0.1) is 0 Å². The minimum absolute atomic E-state index is 0.0545. The van der Waals surface area contributed by atoms with Crippen LogP contribution in [0.5, 0.6) is 5.75 Å². The monoisotopic (exact) mass is 260 g/mol. The first-order chi connectivity index (χ1) is 8.75. The molecule has 1 aliphatic heterocycles. The third-order valence-electron chi connectivity index (χ3n) is 3.31. The van der Waals surface area contributed by atoms with E-state index in [1.807, 2.05) is 42.5 Å². The molecule has 0 bridgehead atoms. The van der Waals surface area contributed by atoms with Gasteiger partial charge < -0.3 is 9.84 Å². The van der Waals surface area contributed by atoms with Crippen molar-refractivity contribution in [1.29, 1.82) is 0 Å². The molecule has 0 amide bonds. The summed E-state index contributed by atoms with van der Waals surface area (Å²) in [7, 11) is 0. The summed E-state index contributed by atoms with van der Waals surface area (Å²) in [4.78, 5) is 0. The van der Waals surface area contributed by atoms with Crippen LogP contribution in [-0.4, -0.2) is 11.7 Å². The van der Waals surface area contributed by atoms with Gasteiger partial charge in [-0.05, 0) is 23.8 Å². The molecule has 92 valence electrons. The van der Waals surface area contributed by atoms with Crippen LogP contribution in [0.1, 0.15) is 23.1 Å². The molecule has 3 rings (SSSR count). The summed E-state index contributed by atoms with van der Waals surface area (Å²) in [6.07, 6.45) is -0.564. The van der Waals surface area contributed by atoms with Crippen LogP contribution in [-0.2, 0) is 0 Å². The molecule has 0 saturated heterocycles. The lowest BCUT2D eigenvalue weighted by molar-refractivity contribution is 0.130. The predicted molar refractivity (Wildman–Crippen MR) is 71.1 cm³/mol. The zero-order chi connectivity index (χ0) is 12.5. The number of hydrogen-bond acceptors (Lipinski definition) is 2. The molecular formula is C15H13ClO2. The standard InChI is InChI=1S/C15H13ClO2/c16-11-6-7-14-12(8-11)13(9-18-14)15(17)10-4-2-1-3-5-10/h1-8,13,15,17H,9H2. The Bertz CT molecular complexity index is 554. The fourth-order valence-corrected chi connectivity index (χ4v) is 2.53. The molecule has 0 spiro atoms. The SMILES string of the molecule is OC(c1ccccc1)C1COc2ccc(Cl)cc21. The van der Waals surface area contributed by atoms with E-state index >= 15 is 0 Å². The maximum Gasteiger partial charge on any atom is 0.123 e. The normalized spacial score (nSPS) is 19.1. The van der Waals surface area contributed by atoms with Gasteiger partial charge in [-0.25, -0.2) is 0 Å². The molecule has 3 heteroatoms. The van der Waals surface area contributed by atoms with Crippen LogP contribution in [0.4, 0.5) is 0 Å². The van der Waals surface area contributed by atoms with Crippen molar-refractivity contribution in [2.75, 3.05) is 6.61 Å². The van der Waals surface area contributed by atoms with Crippen molar-refractivity contribution in [2.24, 2.45) is 0 Å². The van der Waals surface area contributed by atoms with Crippen LogP contribution in [0.25, 0.3) is 0 Å². The zero-order valence-corrected chi connectivity index (χ0v) is 10.5. The quantitative estimate of drug-likeness (QED) is 0.895. The Labute approximate surface area is 111 Å². The van der Waals surface area contributed by atoms with Gasteiger partial charge in [-0.15, -0.1) is 0 Å². The van der Waals surface area contributed by atoms with Gasteiger partial charge >= 0.3 is 0 Å². The molecule has 2 atom stereocenters. The summed E-state index contributed by atoms with van der Waals surface area (Å²) >= 11 is 6.00. The molecule has 2 unspecified atom stereocenters. The van der Waals surface area contributed by atoms with E-state index in [9.17, 15) is 5.11 Å². The largest absolute Gasteiger partial charge is 0.493 e. The lowest BCUT2D eigenvalue weighted by Crippen LogP contribution is -2.12. The van der Waals surface area contributed by atoms with Crippen molar-refractivity contribution in [3.05, 3.63) is 64.7 Å². The van der Waals surface area contributed by atoms with Crippen LogP contribution >= 0.6 is 11.6 Å². The number of aliphatic hydroxyl groups excluding tert-OH is 1. The lowest BCUT2D eigenvalue weighted by Gasteiger charge is -2.17. The van der Waals surface area contributed by atoms with Crippen molar-refractivity contribution in [2.45, 2.75) is 12.0 Å². The molecule has 1 aliphatic rings. The van der Waals surface area contributed by atoms with Crippen molar-refractivity contribution < 1.29 is 9.84 Å².